The third kappa shape index (κ3) is 6.04. The Morgan fingerprint density at radius 1 is 0.500 bits per heavy atom. The van der Waals surface area contributed by atoms with Crippen LogP contribution in [0.25, 0.3) is 55.3 Å². The average Bonchev–Trinajstić information content (AvgIpc) is 3.56. The van der Waals surface area contributed by atoms with Gasteiger partial charge in [0, 0.05) is 27.7 Å². The van der Waals surface area contributed by atoms with E-state index >= 15 is 0 Å². The second-order valence-electron chi connectivity index (χ2n) is 12.6. The summed E-state index contributed by atoms with van der Waals surface area (Å²) >= 11 is 0. The van der Waals surface area contributed by atoms with Crippen LogP contribution in [0.2, 0.25) is 0 Å². The zero-order chi connectivity index (χ0) is 33.9. The Bertz CT molecular complexity index is 2500. The number of anilines is 3. The monoisotopic (exact) mass is 643 g/mol. The molecule has 1 heterocycles. The van der Waals surface area contributed by atoms with E-state index < -0.39 is 0 Å². The highest BCUT2D eigenvalue weighted by atomic mass is 16.3. The van der Waals surface area contributed by atoms with Crippen LogP contribution in [0.15, 0.2) is 192 Å². The third-order valence-corrected chi connectivity index (χ3v) is 9.40. The van der Waals surface area contributed by atoms with Gasteiger partial charge in [-0.05, 0) is 101 Å². The Morgan fingerprint density at radius 3 is 1.94 bits per heavy atom. The number of benzene rings is 7. The summed E-state index contributed by atoms with van der Waals surface area (Å²) in [6.45, 7) is 4.29. The molecule has 0 atom stereocenters. The number of furan rings is 1. The Morgan fingerprint density at radius 2 is 1.14 bits per heavy atom. The maximum absolute atomic E-state index is 6.23. The van der Waals surface area contributed by atoms with Gasteiger partial charge in [-0.2, -0.15) is 0 Å². The van der Waals surface area contributed by atoms with Gasteiger partial charge in [-0.25, -0.2) is 0 Å². The van der Waals surface area contributed by atoms with Gasteiger partial charge in [0.1, 0.15) is 11.2 Å². The van der Waals surface area contributed by atoms with Gasteiger partial charge in [0.05, 0.1) is 5.69 Å². The highest BCUT2D eigenvalue weighted by Gasteiger charge is 2.18. The number of fused-ring (bicyclic) bond motifs is 3. The standard InChI is InChI=1S/C48H37NO/c1-3-35(40-28-29-45-44-25-11-13-27-47(44)50-48(45)33-40)30-34(2)38-20-14-22-41(31-38)49(42-23-15-21-39(32-42)36-16-6-4-7-17-36)46-26-12-10-24-43(46)37-18-8-5-9-19-37/h3-33H,1-2H3/b34-30+,35-3+. The topological polar surface area (TPSA) is 16.4 Å². The molecule has 0 saturated carbocycles. The lowest BCUT2D eigenvalue weighted by Crippen LogP contribution is -2.11. The molecule has 2 heteroatoms. The van der Waals surface area contributed by atoms with Crippen LogP contribution in [0, 0.1) is 0 Å². The second kappa shape index (κ2) is 13.6. The van der Waals surface area contributed by atoms with E-state index in [0.29, 0.717) is 0 Å². The van der Waals surface area contributed by atoms with E-state index in [1.54, 1.807) is 0 Å². The minimum atomic E-state index is 0.904. The van der Waals surface area contributed by atoms with Crippen LogP contribution in [-0.4, -0.2) is 0 Å². The summed E-state index contributed by atoms with van der Waals surface area (Å²) in [5.41, 5.74) is 14.5. The van der Waals surface area contributed by atoms with E-state index in [4.69, 9.17) is 4.42 Å². The predicted octanol–water partition coefficient (Wildman–Crippen LogP) is 13.9. The molecule has 8 aromatic rings. The maximum Gasteiger partial charge on any atom is 0.136 e. The maximum atomic E-state index is 6.23. The van der Waals surface area contributed by atoms with E-state index in [9.17, 15) is 0 Å². The summed E-state index contributed by atoms with van der Waals surface area (Å²) in [5.74, 6) is 0. The van der Waals surface area contributed by atoms with Gasteiger partial charge in [0.2, 0.25) is 0 Å². The quantitative estimate of drug-likeness (QED) is 0.153. The molecule has 240 valence electrons. The fourth-order valence-electron chi connectivity index (χ4n) is 6.86. The van der Waals surface area contributed by atoms with Gasteiger partial charge in [-0.3, -0.25) is 0 Å². The van der Waals surface area contributed by atoms with Crippen LogP contribution >= 0.6 is 0 Å². The first-order valence-electron chi connectivity index (χ1n) is 17.1. The molecule has 0 aliphatic rings. The van der Waals surface area contributed by atoms with Gasteiger partial charge in [0.15, 0.2) is 0 Å². The molecule has 0 fully saturated rings. The van der Waals surface area contributed by atoms with Crippen LogP contribution in [-0.2, 0) is 0 Å². The Labute approximate surface area is 293 Å². The first-order valence-corrected chi connectivity index (χ1v) is 17.1. The summed E-state index contributed by atoms with van der Waals surface area (Å²) in [7, 11) is 0. The van der Waals surface area contributed by atoms with E-state index in [-0.39, 0.29) is 0 Å². The van der Waals surface area contributed by atoms with Crippen LogP contribution < -0.4 is 4.90 Å². The van der Waals surface area contributed by atoms with Crippen molar-refractivity contribution in [2.45, 2.75) is 13.8 Å². The molecule has 0 aliphatic carbocycles. The molecule has 0 amide bonds. The largest absolute Gasteiger partial charge is 0.456 e. The van der Waals surface area contributed by atoms with Crippen LogP contribution in [0.5, 0.6) is 0 Å². The average molecular weight is 644 g/mol. The molecule has 0 saturated heterocycles. The number of hydrogen-bond acceptors (Lipinski definition) is 2. The lowest BCUT2D eigenvalue weighted by Gasteiger charge is -2.29. The molecule has 1 aromatic heterocycles. The molecule has 8 rings (SSSR count). The normalized spacial score (nSPS) is 12.0. The van der Waals surface area contributed by atoms with Crippen molar-refractivity contribution in [2.75, 3.05) is 4.90 Å². The zero-order valence-corrected chi connectivity index (χ0v) is 28.3. The number of nitrogens with zero attached hydrogens (tertiary/aromatic N) is 1. The molecule has 2 nitrogen and oxygen atoms in total. The SMILES string of the molecule is C/C=C(\C=C(/C)c1cccc(N(c2cccc(-c3ccccc3)c2)c2ccccc2-c2ccccc2)c1)c1ccc2c(c1)oc1ccccc12. The molecule has 0 aliphatic heterocycles. The van der Waals surface area contributed by atoms with Crippen molar-refractivity contribution >= 4 is 50.1 Å². The predicted molar refractivity (Wildman–Crippen MR) is 213 cm³/mol. The molecule has 50 heavy (non-hydrogen) atoms. The van der Waals surface area contributed by atoms with E-state index in [0.717, 1.165) is 55.7 Å². The summed E-state index contributed by atoms with van der Waals surface area (Å²) in [5, 5.41) is 2.28. The zero-order valence-electron chi connectivity index (χ0n) is 28.3. The highest BCUT2D eigenvalue weighted by molar-refractivity contribution is 6.06. The summed E-state index contributed by atoms with van der Waals surface area (Å²) in [6.07, 6.45) is 4.45. The molecule has 0 bridgehead atoms. The second-order valence-corrected chi connectivity index (χ2v) is 12.6. The molecule has 0 spiro atoms. The van der Waals surface area contributed by atoms with E-state index in [1.165, 1.54) is 27.8 Å². The minimum absolute atomic E-state index is 0.904. The van der Waals surface area contributed by atoms with Crippen LogP contribution in [0.4, 0.5) is 17.1 Å². The van der Waals surface area contributed by atoms with Crippen molar-refractivity contribution in [3.8, 4) is 22.3 Å². The number of allylic oxidation sites excluding steroid dienone is 4. The van der Waals surface area contributed by atoms with Crippen molar-refractivity contribution in [3.05, 3.63) is 199 Å². The highest BCUT2D eigenvalue weighted by Crippen LogP contribution is 2.42. The number of para-hydroxylation sites is 2. The fourth-order valence-corrected chi connectivity index (χ4v) is 6.86. The van der Waals surface area contributed by atoms with Gasteiger partial charge >= 0.3 is 0 Å². The molecule has 0 N–H and O–H groups in total. The molecular weight excluding hydrogens is 607 g/mol. The third-order valence-electron chi connectivity index (χ3n) is 9.40. The number of hydrogen-bond donors (Lipinski definition) is 0. The molecule has 0 radical (unpaired) electrons. The smallest absolute Gasteiger partial charge is 0.136 e. The molecular formula is C48H37NO. The first kappa shape index (κ1) is 30.9. The van der Waals surface area contributed by atoms with Crippen molar-refractivity contribution < 1.29 is 4.42 Å². The van der Waals surface area contributed by atoms with Crippen LogP contribution in [0.1, 0.15) is 25.0 Å². The van der Waals surface area contributed by atoms with Crippen molar-refractivity contribution in [3.63, 3.8) is 0 Å². The summed E-state index contributed by atoms with van der Waals surface area (Å²) < 4.78 is 6.23. The lowest BCUT2D eigenvalue weighted by atomic mass is 9.97. The summed E-state index contributed by atoms with van der Waals surface area (Å²) in [4.78, 5) is 2.39. The molecule has 0 unspecified atom stereocenters. The van der Waals surface area contributed by atoms with Gasteiger partial charge in [-0.1, -0.05) is 140 Å². The van der Waals surface area contributed by atoms with Gasteiger partial charge in [-0.15, -0.1) is 0 Å². The first-order chi connectivity index (χ1) is 24.7. The summed E-state index contributed by atoms with van der Waals surface area (Å²) in [6, 6.07) is 62.4. The Hall–Kier alpha value is -6.38. The van der Waals surface area contributed by atoms with Crippen molar-refractivity contribution in [2.24, 2.45) is 0 Å². The molecule has 7 aromatic carbocycles. The minimum Gasteiger partial charge on any atom is -0.456 e. The Kier molecular flexibility index (Phi) is 8.42. The fraction of sp³-hybridized carbons (Fsp3) is 0.0417. The Balaban J connectivity index is 1.22. The van der Waals surface area contributed by atoms with Gasteiger partial charge in [0.25, 0.3) is 0 Å². The van der Waals surface area contributed by atoms with E-state index in [1.807, 2.05) is 12.1 Å². The van der Waals surface area contributed by atoms with Crippen molar-refractivity contribution in [1.82, 2.24) is 0 Å². The van der Waals surface area contributed by atoms with Gasteiger partial charge < -0.3 is 9.32 Å². The lowest BCUT2D eigenvalue weighted by molar-refractivity contribution is 0.669. The van der Waals surface area contributed by atoms with Crippen LogP contribution in [0.3, 0.4) is 0 Å². The van der Waals surface area contributed by atoms with Crippen molar-refractivity contribution in [1.29, 1.82) is 0 Å². The van der Waals surface area contributed by atoms with E-state index in [2.05, 4.69) is 195 Å². The number of rotatable bonds is 8.